The third kappa shape index (κ3) is 2.12. The summed E-state index contributed by atoms with van der Waals surface area (Å²) in [5.41, 5.74) is 2.45. The van der Waals surface area contributed by atoms with Crippen molar-refractivity contribution in [2.45, 2.75) is 13.1 Å². The van der Waals surface area contributed by atoms with Crippen LogP contribution in [0.2, 0.25) is 0 Å². The van der Waals surface area contributed by atoms with Crippen LogP contribution in [0.1, 0.15) is 11.4 Å². The second kappa shape index (κ2) is 4.62. The van der Waals surface area contributed by atoms with Crippen LogP contribution in [0.25, 0.3) is 10.9 Å². The lowest BCUT2D eigenvalue weighted by Gasteiger charge is -2.04. The highest BCUT2D eigenvalue weighted by molar-refractivity contribution is 5.82. The zero-order valence-corrected chi connectivity index (χ0v) is 10.2. The first kappa shape index (κ1) is 11.0. The van der Waals surface area contributed by atoms with Crippen LogP contribution in [-0.4, -0.2) is 19.7 Å². The van der Waals surface area contributed by atoms with Crippen LogP contribution in [0.3, 0.4) is 0 Å². The van der Waals surface area contributed by atoms with Gasteiger partial charge >= 0.3 is 0 Å². The molecule has 5 nitrogen and oxygen atoms in total. The highest BCUT2D eigenvalue weighted by Crippen LogP contribution is 2.16. The number of nitrogens with one attached hydrogen (secondary N) is 2. The summed E-state index contributed by atoms with van der Waals surface area (Å²) in [6.45, 7) is 1.48. The Kier molecular flexibility index (Phi) is 2.82. The molecule has 18 heavy (non-hydrogen) atoms. The molecule has 0 amide bonds. The Labute approximate surface area is 105 Å². The number of aromatic amines is 1. The molecule has 0 aliphatic rings. The van der Waals surface area contributed by atoms with Crippen molar-refractivity contribution < 1.29 is 0 Å². The second-order valence-electron chi connectivity index (χ2n) is 4.30. The number of para-hydroxylation sites is 1. The Morgan fingerprint density at radius 2 is 2.22 bits per heavy atom. The van der Waals surface area contributed by atoms with Crippen LogP contribution >= 0.6 is 0 Å². The molecule has 0 aliphatic heterocycles. The van der Waals surface area contributed by atoms with Gasteiger partial charge in [-0.05, 0) is 17.0 Å². The monoisotopic (exact) mass is 241 g/mol. The summed E-state index contributed by atoms with van der Waals surface area (Å²) in [7, 11) is 1.87. The summed E-state index contributed by atoms with van der Waals surface area (Å²) in [4.78, 5) is 7.45. The van der Waals surface area contributed by atoms with Crippen molar-refractivity contribution in [1.29, 1.82) is 0 Å². The Bertz CT molecular complexity index is 652. The van der Waals surface area contributed by atoms with Crippen molar-refractivity contribution in [3.8, 4) is 0 Å². The van der Waals surface area contributed by atoms with Crippen molar-refractivity contribution >= 4 is 10.9 Å². The molecule has 0 aliphatic carbocycles. The number of H-pyrrole nitrogens is 1. The van der Waals surface area contributed by atoms with Crippen molar-refractivity contribution in [2.75, 3.05) is 0 Å². The fourth-order valence-electron chi connectivity index (χ4n) is 2.07. The van der Waals surface area contributed by atoms with E-state index in [-0.39, 0.29) is 0 Å². The molecule has 92 valence electrons. The Hall–Kier alpha value is -2.14. The number of hydrogen-bond donors (Lipinski definition) is 2. The maximum absolute atomic E-state index is 4.23. The molecule has 3 rings (SSSR count). The number of benzene rings is 1. The van der Waals surface area contributed by atoms with E-state index in [0.29, 0.717) is 6.54 Å². The molecule has 0 saturated heterocycles. The van der Waals surface area contributed by atoms with Gasteiger partial charge in [0.15, 0.2) is 5.82 Å². The maximum Gasteiger partial charge on any atom is 0.164 e. The fourth-order valence-corrected chi connectivity index (χ4v) is 2.07. The summed E-state index contributed by atoms with van der Waals surface area (Å²) in [5, 5.41) is 8.83. The van der Waals surface area contributed by atoms with Crippen molar-refractivity contribution in [3.63, 3.8) is 0 Å². The van der Waals surface area contributed by atoms with E-state index in [1.165, 1.54) is 16.5 Å². The number of fused-ring (bicyclic) bond motifs is 1. The number of rotatable bonds is 4. The smallest absolute Gasteiger partial charge is 0.164 e. The third-order valence-electron chi connectivity index (χ3n) is 2.92. The van der Waals surface area contributed by atoms with Crippen LogP contribution in [0.15, 0.2) is 36.8 Å². The summed E-state index contributed by atoms with van der Waals surface area (Å²) in [6.07, 6.45) is 3.68. The van der Waals surface area contributed by atoms with Crippen LogP contribution in [-0.2, 0) is 20.1 Å². The minimum Gasteiger partial charge on any atom is -0.361 e. The van der Waals surface area contributed by atoms with E-state index < -0.39 is 0 Å². The van der Waals surface area contributed by atoms with Gasteiger partial charge in [-0.25, -0.2) is 4.98 Å². The molecule has 0 unspecified atom stereocenters. The number of hydrogen-bond acceptors (Lipinski definition) is 3. The molecule has 0 bridgehead atoms. The zero-order chi connectivity index (χ0) is 12.4. The van der Waals surface area contributed by atoms with Gasteiger partial charge < -0.3 is 10.3 Å². The minimum absolute atomic E-state index is 0.679. The molecular weight excluding hydrogens is 226 g/mol. The van der Waals surface area contributed by atoms with Crippen LogP contribution in [0.4, 0.5) is 0 Å². The highest BCUT2D eigenvalue weighted by Gasteiger charge is 2.02. The largest absolute Gasteiger partial charge is 0.361 e. The standard InChI is InChI=1S/C13H15N5/c1-18-9-16-12(17-18)8-14-7-11-4-2-3-10-5-6-15-13(10)11/h2-6,9,14-15H,7-8H2,1H3. The fraction of sp³-hybridized carbons (Fsp3) is 0.231. The molecule has 0 fully saturated rings. The molecule has 5 heteroatoms. The highest BCUT2D eigenvalue weighted by atomic mass is 15.3. The Morgan fingerprint density at radius 1 is 1.28 bits per heavy atom. The van der Waals surface area contributed by atoms with E-state index in [4.69, 9.17) is 0 Å². The van der Waals surface area contributed by atoms with E-state index >= 15 is 0 Å². The summed E-state index contributed by atoms with van der Waals surface area (Å²) >= 11 is 0. The van der Waals surface area contributed by atoms with Gasteiger partial charge in [-0.1, -0.05) is 18.2 Å². The molecule has 0 radical (unpaired) electrons. The van der Waals surface area contributed by atoms with Crippen LogP contribution < -0.4 is 5.32 Å². The number of nitrogens with zero attached hydrogens (tertiary/aromatic N) is 3. The normalized spacial score (nSPS) is 11.2. The molecule has 0 saturated carbocycles. The average Bonchev–Trinajstić information content (AvgIpc) is 2.98. The molecule has 0 atom stereocenters. The summed E-state index contributed by atoms with van der Waals surface area (Å²) in [5.74, 6) is 0.816. The first-order valence-electron chi connectivity index (χ1n) is 5.93. The Morgan fingerprint density at radius 3 is 3.06 bits per heavy atom. The van der Waals surface area contributed by atoms with Crippen molar-refractivity contribution in [3.05, 3.63) is 48.2 Å². The van der Waals surface area contributed by atoms with Crippen molar-refractivity contribution in [1.82, 2.24) is 25.1 Å². The molecule has 2 N–H and O–H groups in total. The molecule has 2 heterocycles. The maximum atomic E-state index is 4.23. The molecule has 2 aromatic heterocycles. The number of aryl methyl sites for hydroxylation is 1. The van der Waals surface area contributed by atoms with Gasteiger partial charge in [0.05, 0.1) is 6.54 Å². The van der Waals surface area contributed by atoms with Crippen LogP contribution in [0.5, 0.6) is 0 Å². The SMILES string of the molecule is Cn1cnc(CNCc2cccc3cc[nH]c23)n1. The third-order valence-corrected chi connectivity index (χ3v) is 2.92. The minimum atomic E-state index is 0.679. The van der Waals surface area contributed by atoms with Crippen LogP contribution in [0, 0.1) is 0 Å². The lowest BCUT2D eigenvalue weighted by Crippen LogP contribution is -2.14. The van der Waals surface area contributed by atoms with E-state index in [9.17, 15) is 0 Å². The predicted octanol–water partition coefficient (Wildman–Crippen LogP) is 1.59. The molecule has 1 aromatic carbocycles. The lowest BCUT2D eigenvalue weighted by molar-refractivity contribution is 0.651. The topological polar surface area (TPSA) is 58.5 Å². The number of aromatic nitrogens is 4. The summed E-state index contributed by atoms with van der Waals surface area (Å²) < 4.78 is 1.71. The molecular formula is C13H15N5. The average molecular weight is 241 g/mol. The van der Waals surface area contributed by atoms with E-state index in [1.54, 1.807) is 11.0 Å². The van der Waals surface area contributed by atoms with Gasteiger partial charge in [-0.2, -0.15) is 5.10 Å². The van der Waals surface area contributed by atoms with Gasteiger partial charge in [-0.15, -0.1) is 0 Å². The van der Waals surface area contributed by atoms with Gasteiger partial charge in [0.2, 0.25) is 0 Å². The van der Waals surface area contributed by atoms with Gasteiger partial charge in [0, 0.05) is 25.3 Å². The van der Waals surface area contributed by atoms with Gasteiger partial charge in [0.25, 0.3) is 0 Å². The lowest BCUT2D eigenvalue weighted by atomic mass is 10.1. The van der Waals surface area contributed by atoms with Gasteiger partial charge in [-0.3, -0.25) is 4.68 Å². The predicted molar refractivity (Wildman–Crippen MR) is 69.8 cm³/mol. The first-order chi connectivity index (χ1) is 8.83. The first-order valence-corrected chi connectivity index (χ1v) is 5.93. The summed E-state index contributed by atoms with van der Waals surface area (Å²) in [6, 6.07) is 8.39. The zero-order valence-electron chi connectivity index (χ0n) is 10.2. The second-order valence-corrected chi connectivity index (χ2v) is 4.30. The quantitative estimate of drug-likeness (QED) is 0.729. The van der Waals surface area contributed by atoms with E-state index in [1.807, 2.05) is 13.2 Å². The van der Waals surface area contributed by atoms with Gasteiger partial charge in [0.1, 0.15) is 6.33 Å². The Balaban J connectivity index is 1.68. The van der Waals surface area contributed by atoms with E-state index in [2.05, 4.69) is 44.6 Å². The molecule has 0 spiro atoms. The van der Waals surface area contributed by atoms with E-state index in [0.717, 1.165) is 12.4 Å². The van der Waals surface area contributed by atoms with Crippen molar-refractivity contribution in [2.24, 2.45) is 7.05 Å². The molecule has 3 aromatic rings.